The lowest BCUT2D eigenvalue weighted by Gasteiger charge is -2.58. The van der Waals surface area contributed by atoms with Gasteiger partial charge in [-0.2, -0.15) is 11.8 Å². The predicted octanol–water partition coefficient (Wildman–Crippen LogP) is 14.1. The summed E-state index contributed by atoms with van der Waals surface area (Å²) in [7, 11) is 1.65. The molecule has 0 spiro atoms. The third-order valence-corrected chi connectivity index (χ3v) is 15.0. The highest BCUT2D eigenvalue weighted by Crippen LogP contribution is 2.62. The minimum Gasteiger partial charge on any atom is -0.460 e. The van der Waals surface area contributed by atoms with Gasteiger partial charge in [0.25, 0.3) is 0 Å². The average molecular weight is 868 g/mol. The van der Waals surface area contributed by atoms with E-state index in [2.05, 4.69) is 68.1 Å². The number of oxime groups is 1. The topological polar surface area (TPSA) is 89.7 Å². The van der Waals surface area contributed by atoms with Crippen LogP contribution in [0.5, 0.6) is 17.2 Å². The molecule has 3 aliphatic rings. The van der Waals surface area contributed by atoms with Crippen LogP contribution in [0, 0.1) is 17.8 Å². The number of hydrogen-bond acceptors (Lipinski definition) is 8. The second-order valence-electron chi connectivity index (χ2n) is 18.0. The van der Waals surface area contributed by atoms with E-state index in [1.165, 1.54) is 88.9 Å². The lowest BCUT2D eigenvalue weighted by molar-refractivity contribution is -0.223. The van der Waals surface area contributed by atoms with E-state index in [1.807, 2.05) is 30.0 Å². The van der Waals surface area contributed by atoms with Crippen molar-refractivity contribution < 1.29 is 29.3 Å². The lowest BCUT2D eigenvalue weighted by Crippen LogP contribution is -2.64. The van der Waals surface area contributed by atoms with Crippen LogP contribution < -0.4 is 9.47 Å². The van der Waals surface area contributed by atoms with Gasteiger partial charge in [0.1, 0.15) is 24.4 Å². The Morgan fingerprint density at radius 1 is 0.774 bits per heavy atom. The van der Waals surface area contributed by atoms with Gasteiger partial charge in [-0.05, 0) is 96.4 Å². The lowest BCUT2D eigenvalue weighted by atomic mass is 9.56. The Hall–Kier alpha value is -3.30. The molecule has 62 heavy (non-hydrogen) atoms. The minimum atomic E-state index is -0.947. The fourth-order valence-corrected chi connectivity index (χ4v) is 12.0. The van der Waals surface area contributed by atoms with Gasteiger partial charge in [0, 0.05) is 31.1 Å². The Morgan fingerprint density at radius 3 is 2.10 bits per heavy atom. The van der Waals surface area contributed by atoms with Crippen LogP contribution in [-0.2, 0) is 9.57 Å². The summed E-state index contributed by atoms with van der Waals surface area (Å²) in [4.78, 5) is 5.63. The van der Waals surface area contributed by atoms with Gasteiger partial charge < -0.3 is 29.3 Å². The number of nitrogens with zero attached hydrogens (tertiary/aromatic N) is 1. The molecule has 0 saturated heterocycles. The monoisotopic (exact) mass is 868 g/mol. The van der Waals surface area contributed by atoms with Gasteiger partial charge in [-0.25, -0.2) is 0 Å². The Morgan fingerprint density at radius 2 is 1.42 bits per heavy atom. The first-order valence-electron chi connectivity index (χ1n) is 24.5. The minimum absolute atomic E-state index is 0.0197. The first kappa shape index (κ1) is 48.2. The molecule has 6 atom stereocenters. The van der Waals surface area contributed by atoms with Crippen LogP contribution >= 0.6 is 11.8 Å². The summed E-state index contributed by atoms with van der Waals surface area (Å²) >= 11 is 1.97. The maximum Gasteiger partial charge on any atom is 0.230 e. The molecule has 1 fully saturated rings. The Balaban J connectivity index is 1.25. The smallest absolute Gasteiger partial charge is 0.230 e. The number of ether oxygens (including phenoxy) is 3. The summed E-state index contributed by atoms with van der Waals surface area (Å²) in [5.41, 5.74) is 3.27. The molecular formula is C54H77NO6S. The van der Waals surface area contributed by atoms with Crippen LogP contribution in [0.1, 0.15) is 153 Å². The van der Waals surface area contributed by atoms with Gasteiger partial charge in [-0.1, -0.05) is 151 Å². The van der Waals surface area contributed by atoms with E-state index in [4.69, 9.17) is 24.2 Å². The van der Waals surface area contributed by atoms with E-state index in [9.17, 15) is 10.2 Å². The number of unbranched alkanes of at least 4 members (excludes halogenated alkanes) is 15. The second-order valence-corrected chi connectivity index (χ2v) is 19.3. The number of rotatable bonds is 30. The highest BCUT2D eigenvalue weighted by Gasteiger charge is 2.64. The van der Waals surface area contributed by atoms with Crippen LogP contribution in [0.2, 0.25) is 0 Å². The van der Waals surface area contributed by atoms with Crippen LogP contribution in [-0.4, -0.2) is 59.6 Å². The molecule has 1 saturated carbocycles. The summed E-state index contributed by atoms with van der Waals surface area (Å²) in [6.07, 6.45) is 29.1. The number of benzene rings is 3. The molecule has 0 radical (unpaired) electrons. The molecule has 0 aromatic heterocycles. The number of aliphatic hydroxyl groups excluding tert-OH is 2. The van der Waals surface area contributed by atoms with Gasteiger partial charge in [0.2, 0.25) is 5.79 Å². The maximum atomic E-state index is 9.96. The molecule has 8 heteroatoms. The summed E-state index contributed by atoms with van der Waals surface area (Å²) in [5.74, 6) is 2.87. The third-order valence-electron chi connectivity index (χ3n) is 13.6. The molecule has 3 aromatic rings. The van der Waals surface area contributed by atoms with Crippen molar-refractivity contribution in [1.82, 2.24) is 0 Å². The van der Waals surface area contributed by atoms with Crippen LogP contribution in [0.3, 0.4) is 0 Å². The van der Waals surface area contributed by atoms with Crippen molar-refractivity contribution in [3.05, 3.63) is 90.5 Å². The zero-order valence-electron chi connectivity index (χ0n) is 38.1. The Labute approximate surface area is 378 Å². The highest BCUT2D eigenvalue weighted by molar-refractivity contribution is 8.00. The number of hydrogen-bond donors (Lipinski definition) is 2. The average Bonchev–Trinajstić information content (AvgIpc) is 3.29. The number of allylic oxidation sites excluding steroid dienone is 1. The van der Waals surface area contributed by atoms with Crippen molar-refractivity contribution in [2.24, 2.45) is 22.9 Å². The van der Waals surface area contributed by atoms with Crippen molar-refractivity contribution in [3.8, 4) is 17.2 Å². The quantitative estimate of drug-likeness (QED) is 0.0392. The highest BCUT2D eigenvalue weighted by atomic mass is 32.2. The normalized spacial score (nSPS) is 23.4. The Kier molecular flexibility index (Phi) is 20.1. The Bertz CT molecular complexity index is 1860. The first-order valence-corrected chi connectivity index (χ1v) is 25.5. The molecule has 340 valence electrons. The van der Waals surface area contributed by atoms with Crippen LogP contribution in [0.15, 0.2) is 90.1 Å². The fraction of sp³-hybridized carbons (Fsp3) is 0.611. The second kappa shape index (κ2) is 25.9. The fourth-order valence-electron chi connectivity index (χ4n) is 10.5. The zero-order chi connectivity index (χ0) is 43.4. The van der Waals surface area contributed by atoms with Crippen LogP contribution in [0.4, 0.5) is 0 Å². The molecule has 2 aliphatic carbocycles. The SMILES string of the molecule is C=CCO[C@@]12Oc3ccc(Oc4ccc5ccccc5c4)cc3[C@H]3[C@H](CCCCO)[C@@H](CCCCO)C=C(C(=NOC)C[C@@H]1SCCCCCCCCCCCCCCCC)[C@H]32. The molecule has 0 unspecified atom stereocenters. The molecule has 3 aromatic carbocycles. The molecule has 1 heterocycles. The molecule has 0 amide bonds. The standard InChI is InChI=1S/C54H77NO6S/c1-4-6-7-8-9-10-11-12-13-14-15-16-17-24-36-62-51-40-49(55-58-3)47-38-43(27-20-22-33-56)46(28-21-23-34-57)52-48-39-45(60-44-30-29-41-25-18-19-26-42(41)37-44)31-32-50(48)61-54(51,53(47)52)59-35-5-2/h5,18-19,25-26,29-32,37-39,43,46,51-53,56-57H,2,4,6-17,20-24,27-28,33-36,40H2,1,3H3/t43-,46+,51-,52+,53+,54+/m0/s1. The molecule has 7 nitrogen and oxygen atoms in total. The summed E-state index contributed by atoms with van der Waals surface area (Å²) < 4.78 is 21.1. The number of thioether (sulfide) groups is 1. The first-order chi connectivity index (χ1) is 30.6. The van der Waals surface area contributed by atoms with Crippen molar-refractivity contribution in [2.45, 2.75) is 159 Å². The van der Waals surface area contributed by atoms with Crippen molar-refractivity contribution >= 4 is 28.2 Å². The van der Waals surface area contributed by atoms with Crippen molar-refractivity contribution in [3.63, 3.8) is 0 Å². The van der Waals surface area contributed by atoms with Crippen molar-refractivity contribution in [1.29, 1.82) is 0 Å². The van der Waals surface area contributed by atoms with Crippen molar-refractivity contribution in [2.75, 3.05) is 32.7 Å². The zero-order valence-corrected chi connectivity index (χ0v) is 38.9. The van der Waals surface area contributed by atoms with Gasteiger partial charge in [-0.15, -0.1) is 6.58 Å². The van der Waals surface area contributed by atoms with E-state index in [1.54, 1.807) is 7.11 Å². The molecule has 2 N–H and O–H groups in total. The number of fused-ring (bicyclic) bond motifs is 3. The molecular weight excluding hydrogens is 791 g/mol. The van der Waals surface area contributed by atoms with E-state index < -0.39 is 5.79 Å². The molecule has 0 bridgehead atoms. The summed E-state index contributed by atoms with van der Waals surface area (Å²) in [6.45, 7) is 7.11. The molecule has 6 rings (SSSR count). The van der Waals surface area contributed by atoms with E-state index in [0.717, 1.165) is 90.2 Å². The van der Waals surface area contributed by atoms with E-state index in [-0.39, 0.29) is 42.1 Å². The largest absolute Gasteiger partial charge is 0.460 e. The maximum absolute atomic E-state index is 9.96. The summed E-state index contributed by atoms with van der Waals surface area (Å²) in [6, 6.07) is 20.9. The van der Waals surface area contributed by atoms with Gasteiger partial charge in [0.15, 0.2) is 0 Å². The van der Waals surface area contributed by atoms with Gasteiger partial charge in [0.05, 0.1) is 23.5 Å². The predicted molar refractivity (Wildman–Crippen MR) is 259 cm³/mol. The summed E-state index contributed by atoms with van der Waals surface area (Å²) in [5, 5.41) is 26.9. The number of aliphatic hydroxyl groups is 2. The molecule has 1 aliphatic heterocycles. The van der Waals surface area contributed by atoms with Gasteiger partial charge in [-0.3, -0.25) is 0 Å². The van der Waals surface area contributed by atoms with E-state index >= 15 is 0 Å². The van der Waals surface area contributed by atoms with E-state index in [0.29, 0.717) is 13.0 Å². The van der Waals surface area contributed by atoms with Gasteiger partial charge >= 0.3 is 0 Å². The van der Waals surface area contributed by atoms with Crippen LogP contribution in [0.25, 0.3) is 10.8 Å². The third kappa shape index (κ3) is 12.7.